The van der Waals surface area contributed by atoms with Crippen LogP contribution in [0.1, 0.15) is 64.2 Å². The van der Waals surface area contributed by atoms with Gasteiger partial charge in [-0.3, -0.25) is 4.79 Å². The Kier molecular flexibility index (Phi) is 13.3. The molecule has 4 nitrogen and oxygen atoms in total. The van der Waals surface area contributed by atoms with Crippen molar-refractivity contribution in [3.05, 3.63) is 0 Å². The van der Waals surface area contributed by atoms with Crippen molar-refractivity contribution >= 4 is 30.7 Å². The molecule has 0 bridgehead atoms. The van der Waals surface area contributed by atoms with Gasteiger partial charge in [0.05, 0.1) is 0 Å². The number of nitrogens with one attached hydrogen (secondary N) is 1. The van der Waals surface area contributed by atoms with E-state index in [2.05, 4.69) is 10.2 Å². The zero-order chi connectivity index (χ0) is 14.9. The number of nitrogens with two attached hydrogens (primary N) is 1. The van der Waals surface area contributed by atoms with Gasteiger partial charge < -0.3 is 16.0 Å². The van der Waals surface area contributed by atoms with Crippen LogP contribution < -0.4 is 11.1 Å². The summed E-state index contributed by atoms with van der Waals surface area (Å²) in [6.07, 6.45) is 11.8. The van der Waals surface area contributed by atoms with Crippen LogP contribution in [0.25, 0.3) is 0 Å². The number of piperidine rings is 1. The number of nitrogens with zero attached hydrogens (tertiary/aromatic N) is 1. The van der Waals surface area contributed by atoms with E-state index in [1.54, 1.807) is 0 Å². The van der Waals surface area contributed by atoms with Gasteiger partial charge in [-0.05, 0) is 64.6 Å². The zero-order valence-electron chi connectivity index (χ0n) is 14.3. The van der Waals surface area contributed by atoms with Crippen molar-refractivity contribution in [1.29, 1.82) is 0 Å². The molecule has 0 aromatic rings. The van der Waals surface area contributed by atoms with Crippen molar-refractivity contribution in [2.24, 2.45) is 11.7 Å². The third-order valence-corrected chi connectivity index (χ3v) is 4.98. The van der Waals surface area contributed by atoms with Crippen molar-refractivity contribution in [1.82, 2.24) is 10.2 Å². The van der Waals surface area contributed by atoms with Gasteiger partial charge in [0.2, 0.25) is 5.91 Å². The van der Waals surface area contributed by atoms with E-state index in [0.29, 0.717) is 0 Å². The van der Waals surface area contributed by atoms with Crippen LogP contribution >= 0.6 is 24.8 Å². The summed E-state index contributed by atoms with van der Waals surface area (Å²) in [5.74, 6) is 0.406. The van der Waals surface area contributed by atoms with E-state index in [0.717, 1.165) is 38.6 Å². The molecular formula is C17H35Cl2N3O. The molecule has 1 amide bonds. The Hall–Kier alpha value is -0.0300. The number of likely N-dealkylation sites (tertiary alicyclic amines) is 1. The number of hydrogen-bond donors (Lipinski definition) is 2. The van der Waals surface area contributed by atoms with Crippen molar-refractivity contribution in [2.75, 3.05) is 26.2 Å². The molecule has 2 unspecified atom stereocenters. The number of amides is 1. The fraction of sp³-hybridized carbons (Fsp3) is 0.941. The highest BCUT2D eigenvalue weighted by Gasteiger charge is 2.24. The van der Waals surface area contributed by atoms with Crippen molar-refractivity contribution in [3.63, 3.8) is 0 Å². The molecular weight excluding hydrogens is 333 g/mol. The minimum atomic E-state index is 0. The Labute approximate surface area is 154 Å². The van der Waals surface area contributed by atoms with Crippen molar-refractivity contribution < 1.29 is 4.79 Å². The number of halogens is 2. The van der Waals surface area contributed by atoms with Crippen LogP contribution in [-0.4, -0.2) is 43.0 Å². The molecule has 2 rings (SSSR count). The number of hydrogen-bond acceptors (Lipinski definition) is 3. The van der Waals surface area contributed by atoms with Gasteiger partial charge in [-0.25, -0.2) is 0 Å². The van der Waals surface area contributed by atoms with E-state index in [4.69, 9.17) is 5.73 Å². The molecule has 2 atom stereocenters. The first-order valence-corrected chi connectivity index (χ1v) is 9.01. The molecule has 3 N–H and O–H groups in total. The molecule has 0 aromatic heterocycles. The molecule has 0 spiro atoms. The van der Waals surface area contributed by atoms with Crippen LogP contribution in [0.4, 0.5) is 0 Å². The highest BCUT2D eigenvalue weighted by molar-refractivity contribution is 5.85. The highest BCUT2D eigenvalue weighted by atomic mass is 35.5. The van der Waals surface area contributed by atoms with Gasteiger partial charge in [0, 0.05) is 18.5 Å². The van der Waals surface area contributed by atoms with E-state index in [9.17, 15) is 4.79 Å². The fourth-order valence-corrected chi connectivity index (χ4v) is 3.64. The van der Waals surface area contributed by atoms with E-state index < -0.39 is 0 Å². The van der Waals surface area contributed by atoms with Crippen LogP contribution in [0.15, 0.2) is 0 Å². The number of carbonyl (C=O) groups is 1. The zero-order valence-corrected chi connectivity index (χ0v) is 15.9. The van der Waals surface area contributed by atoms with Crippen LogP contribution in [0.3, 0.4) is 0 Å². The maximum Gasteiger partial charge on any atom is 0.223 e. The molecule has 0 aromatic carbocycles. The summed E-state index contributed by atoms with van der Waals surface area (Å²) in [7, 11) is 0. The standard InChI is InChI=1S/C17H33N3O.2ClH/c18-16-9-7-8-15(14-16)17(21)19-10-3-1-4-11-20-12-5-2-6-13-20;;/h15-16H,1-14,18H2,(H,19,21);2*1H. The molecule has 1 aliphatic heterocycles. The second-order valence-corrected chi connectivity index (χ2v) is 6.88. The van der Waals surface area contributed by atoms with Gasteiger partial charge >= 0.3 is 0 Å². The lowest BCUT2D eigenvalue weighted by molar-refractivity contribution is -0.126. The molecule has 1 heterocycles. The quantitative estimate of drug-likeness (QED) is 0.679. The van der Waals surface area contributed by atoms with Gasteiger partial charge in [-0.1, -0.05) is 19.3 Å². The molecule has 0 radical (unpaired) electrons. The number of rotatable bonds is 7. The van der Waals surface area contributed by atoms with Crippen molar-refractivity contribution in [3.8, 4) is 0 Å². The average Bonchev–Trinajstić information content (AvgIpc) is 2.51. The monoisotopic (exact) mass is 367 g/mol. The normalized spacial score (nSPS) is 25.1. The first-order valence-electron chi connectivity index (χ1n) is 9.01. The third-order valence-electron chi connectivity index (χ3n) is 4.98. The first-order chi connectivity index (χ1) is 10.3. The maximum absolute atomic E-state index is 12.0. The summed E-state index contributed by atoms with van der Waals surface area (Å²) < 4.78 is 0. The smallest absolute Gasteiger partial charge is 0.223 e. The summed E-state index contributed by atoms with van der Waals surface area (Å²) in [6.45, 7) is 4.66. The second kappa shape index (κ2) is 13.3. The van der Waals surface area contributed by atoms with E-state index >= 15 is 0 Å². The third kappa shape index (κ3) is 9.13. The Morgan fingerprint density at radius 2 is 1.74 bits per heavy atom. The lowest BCUT2D eigenvalue weighted by atomic mass is 9.85. The number of unbranched alkanes of at least 4 members (excludes halogenated alkanes) is 2. The van der Waals surface area contributed by atoms with Gasteiger partial charge in [0.1, 0.15) is 0 Å². The molecule has 6 heteroatoms. The maximum atomic E-state index is 12.0. The Balaban J connectivity index is 0.00000242. The largest absolute Gasteiger partial charge is 0.356 e. The Bertz CT molecular complexity index is 312. The topological polar surface area (TPSA) is 58.4 Å². The molecule has 23 heavy (non-hydrogen) atoms. The molecule has 138 valence electrons. The van der Waals surface area contributed by atoms with Gasteiger partial charge in [-0.2, -0.15) is 0 Å². The van der Waals surface area contributed by atoms with Gasteiger partial charge in [-0.15, -0.1) is 24.8 Å². The number of carbonyl (C=O) groups excluding carboxylic acids is 1. The summed E-state index contributed by atoms with van der Waals surface area (Å²) >= 11 is 0. The predicted molar refractivity (Wildman–Crippen MR) is 102 cm³/mol. The van der Waals surface area contributed by atoms with Crippen LogP contribution in [0.5, 0.6) is 0 Å². The summed E-state index contributed by atoms with van der Waals surface area (Å²) in [5.41, 5.74) is 5.94. The molecule has 1 saturated carbocycles. The Morgan fingerprint density at radius 1 is 1.00 bits per heavy atom. The van der Waals surface area contributed by atoms with Crippen LogP contribution in [0, 0.1) is 5.92 Å². The average molecular weight is 368 g/mol. The second-order valence-electron chi connectivity index (χ2n) is 6.88. The van der Waals surface area contributed by atoms with E-state index in [1.807, 2.05) is 0 Å². The SMILES string of the molecule is Cl.Cl.NC1CCCC(C(=O)NCCCCCN2CCCCC2)C1. The molecule has 1 aliphatic carbocycles. The predicted octanol–water partition coefficient (Wildman–Crippen LogP) is 3.12. The molecule has 1 saturated heterocycles. The molecule has 2 aliphatic rings. The van der Waals surface area contributed by atoms with Crippen LogP contribution in [-0.2, 0) is 4.79 Å². The Morgan fingerprint density at radius 3 is 2.43 bits per heavy atom. The van der Waals surface area contributed by atoms with Crippen LogP contribution in [0.2, 0.25) is 0 Å². The lowest BCUT2D eigenvalue weighted by Crippen LogP contribution is -2.38. The summed E-state index contributed by atoms with van der Waals surface area (Å²) in [6, 6.07) is 0.235. The van der Waals surface area contributed by atoms with E-state index in [-0.39, 0.29) is 42.7 Å². The first kappa shape index (κ1) is 23.0. The van der Waals surface area contributed by atoms with Crippen molar-refractivity contribution in [2.45, 2.75) is 70.3 Å². The lowest BCUT2D eigenvalue weighted by Gasteiger charge is -2.26. The van der Waals surface area contributed by atoms with Gasteiger partial charge in [0.25, 0.3) is 0 Å². The minimum Gasteiger partial charge on any atom is -0.356 e. The van der Waals surface area contributed by atoms with Gasteiger partial charge in [0.15, 0.2) is 0 Å². The van der Waals surface area contributed by atoms with E-state index in [1.165, 1.54) is 51.7 Å². The summed E-state index contributed by atoms with van der Waals surface area (Å²) in [4.78, 5) is 14.6. The minimum absolute atomic E-state index is 0. The highest BCUT2D eigenvalue weighted by Crippen LogP contribution is 2.23. The fourth-order valence-electron chi connectivity index (χ4n) is 3.64. The molecule has 2 fully saturated rings. The summed E-state index contributed by atoms with van der Waals surface area (Å²) in [5, 5.41) is 3.10.